The fourth-order valence-electron chi connectivity index (χ4n) is 2.11. The van der Waals surface area contributed by atoms with Crippen molar-refractivity contribution in [3.05, 3.63) is 29.8 Å². The third-order valence-electron chi connectivity index (χ3n) is 2.88. The van der Waals surface area contributed by atoms with E-state index in [9.17, 15) is 8.42 Å². The summed E-state index contributed by atoms with van der Waals surface area (Å²) < 4.78 is 29.8. The number of nitrogens with zero attached hydrogens (tertiary/aromatic N) is 1. The summed E-state index contributed by atoms with van der Waals surface area (Å²) in [5.41, 5.74) is 1.17. The van der Waals surface area contributed by atoms with Crippen LogP contribution in [0.5, 0.6) is 5.75 Å². The number of nitrogens with one attached hydrogen (secondary N) is 1. The number of sulfonamides is 1. The molecule has 1 saturated heterocycles. The molecule has 0 bridgehead atoms. The molecular weight excluding hydrogens is 252 g/mol. The molecule has 0 saturated carbocycles. The highest BCUT2D eigenvalue weighted by atomic mass is 32.2. The van der Waals surface area contributed by atoms with Gasteiger partial charge in [0.2, 0.25) is 10.0 Å². The minimum absolute atomic E-state index is 0.0469. The maximum absolute atomic E-state index is 11.0. The Hall–Kier alpha value is -1.11. The van der Waals surface area contributed by atoms with E-state index in [0.29, 0.717) is 0 Å². The molecule has 18 heavy (non-hydrogen) atoms. The molecule has 2 rings (SSSR count). The average Bonchev–Trinajstić information content (AvgIpc) is 2.25. The molecule has 0 aliphatic carbocycles. The van der Waals surface area contributed by atoms with E-state index in [1.165, 1.54) is 11.8 Å². The molecule has 0 radical (unpaired) electrons. The van der Waals surface area contributed by atoms with Gasteiger partial charge in [0.05, 0.1) is 13.4 Å². The Labute approximate surface area is 108 Å². The van der Waals surface area contributed by atoms with Gasteiger partial charge in [0.25, 0.3) is 0 Å². The van der Waals surface area contributed by atoms with E-state index in [1.807, 2.05) is 24.3 Å². The molecule has 0 atom stereocenters. The van der Waals surface area contributed by atoms with Crippen molar-refractivity contribution < 1.29 is 13.2 Å². The van der Waals surface area contributed by atoms with E-state index in [2.05, 4.69) is 9.62 Å². The van der Waals surface area contributed by atoms with Crippen molar-refractivity contribution in [1.82, 2.24) is 9.62 Å². The van der Waals surface area contributed by atoms with Gasteiger partial charge in [-0.1, -0.05) is 12.1 Å². The van der Waals surface area contributed by atoms with Crippen LogP contribution >= 0.6 is 0 Å². The topological polar surface area (TPSA) is 58.6 Å². The van der Waals surface area contributed by atoms with Crippen molar-refractivity contribution in [2.75, 3.05) is 26.5 Å². The number of hydrogen-bond acceptors (Lipinski definition) is 4. The minimum atomic E-state index is -3.09. The van der Waals surface area contributed by atoms with Crippen LogP contribution in [0.15, 0.2) is 24.3 Å². The molecule has 1 fully saturated rings. The largest absolute Gasteiger partial charge is 0.497 e. The summed E-state index contributed by atoms with van der Waals surface area (Å²) in [6.07, 6.45) is 1.19. The van der Waals surface area contributed by atoms with Gasteiger partial charge >= 0.3 is 0 Å². The van der Waals surface area contributed by atoms with Crippen LogP contribution in [0.4, 0.5) is 0 Å². The molecule has 1 aliphatic rings. The second-order valence-electron chi connectivity index (χ2n) is 4.63. The lowest BCUT2D eigenvalue weighted by Gasteiger charge is -2.39. The molecule has 5 nitrogen and oxygen atoms in total. The Balaban J connectivity index is 1.83. The van der Waals surface area contributed by atoms with Gasteiger partial charge in [0.15, 0.2) is 0 Å². The zero-order valence-electron chi connectivity index (χ0n) is 10.6. The minimum Gasteiger partial charge on any atom is -0.497 e. The van der Waals surface area contributed by atoms with Crippen LogP contribution in [-0.4, -0.2) is 45.8 Å². The first-order valence-corrected chi connectivity index (χ1v) is 7.68. The van der Waals surface area contributed by atoms with Gasteiger partial charge in [-0.2, -0.15) is 0 Å². The average molecular weight is 270 g/mol. The highest BCUT2D eigenvalue weighted by Gasteiger charge is 2.28. The lowest BCUT2D eigenvalue weighted by atomic mass is 10.1. The lowest BCUT2D eigenvalue weighted by molar-refractivity contribution is 0.133. The summed E-state index contributed by atoms with van der Waals surface area (Å²) in [4.78, 5) is 2.19. The summed E-state index contributed by atoms with van der Waals surface area (Å²) >= 11 is 0. The fourth-order valence-corrected chi connectivity index (χ4v) is 2.86. The highest BCUT2D eigenvalue weighted by Crippen LogP contribution is 2.17. The van der Waals surface area contributed by atoms with Gasteiger partial charge in [-0.15, -0.1) is 0 Å². The van der Waals surface area contributed by atoms with E-state index in [-0.39, 0.29) is 6.04 Å². The summed E-state index contributed by atoms with van der Waals surface area (Å²) in [7, 11) is -1.44. The predicted octanol–water partition coefficient (Wildman–Crippen LogP) is 0.429. The number of hydrogen-bond donors (Lipinski definition) is 1. The van der Waals surface area contributed by atoms with Gasteiger partial charge in [0.1, 0.15) is 5.75 Å². The van der Waals surface area contributed by atoms with Crippen LogP contribution in [0.3, 0.4) is 0 Å². The Kier molecular flexibility index (Phi) is 3.89. The summed E-state index contributed by atoms with van der Waals surface area (Å²) in [6.45, 7) is 2.33. The molecule has 1 N–H and O–H groups in total. The maximum atomic E-state index is 11.0. The Morgan fingerprint density at radius 3 is 2.78 bits per heavy atom. The molecule has 1 aromatic carbocycles. The van der Waals surface area contributed by atoms with E-state index in [0.717, 1.165) is 25.4 Å². The molecule has 1 aliphatic heterocycles. The summed E-state index contributed by atoms with van der Waals surface area (Å²) in [5.74, 6) is 0.846. The van der Waals surface area contributed by atoms with Gasteiger partial charge in [-0.3, -0.25) is 4.90 Å². The molecule has 0 aromatic heterocycles. The van der Waals surface area contributed by atoms with Crippen molar-refractivity contribution in [3.8, 4) is 5.75 Å². The van der Waals surface area contributed by atoms with E-state index < -0.39 is 10.0 Å². The highest BCUT2D eigenvalue weighted by molar-refractivity contribution is 7.88. The third kappa shape index (κ3) is 3.69. The molecule has 0 spiro atoms. The standard InChI is InChI=1S/C12H18N2O3S/c1-17-12-5-3-4-10(6-12)7-14-8-11(9-14)13-18(2,15)16/h3-6,11,13H,7-9H2,1-2H3. The number of ether oxygens (including phenoxy) is 1. The monoisotopic (exact) mass is 270 g/mol. The van der Waals surface area contributed by atoms with E-state index >= 15 is 0 Å². The molecule has 6 heteroatoms. The van der Waals surface area contributed by atoms with Crippen LogP contribution < -0.4 is 9.46 Å². The Bertz CT molecular complexity index is 510. The molecule has 0 unspecified atom stereocenters. The summed E-state index contributed by atoms with van der Waals surface area (Å²) in [5, 5.41) is 0. The first-order valence-electron chi connectivity index (χ1n) is 5.79. The number of rotatable bonds is 5. The van der Waals surface area contributed by atoms with Gasteiger partial charge < -0.3 is 4.74 Å². The predicted molar refractivity (Wildman–Crippen MR) is 70.0 cm³/mol. The van der Waals surface area contributed by atoms with Crippen LogP contribution in [0.2, 0.25) is 0 Å². The van der Waals surface area contributed by atoms with Crippen molar-refractivity contribution in [1.29, 1.82) is 0 Å². The summed E-state index contributed by atoms with van der Waals surface area (Å²) in [6, 6.07) is 7.95. The van der Waals surface area contributed by atoms with Crippen molar-refractivity contribution >= 4 is 10.0 Å². The Morgan fingerprint density at radius 1 is 1.44 bits per heavy atom. The SMILES string of the molecule is COc1cccc(CN2CC(NS(C)(=O)=O)C2)c1. The van der Waals surface area contributed by atoms with Crippen molar-refractivity contribution in [2.24, 2.45) is 0 Å². The molecule has 1 aromatic rings. The quantitative estimate of drug-likeness (QED) is 0.843. The maximum Gasteiger partial charge on any atom is 0.209 e. The fraction of sp³-hybridized carbons (Fsp3) is 0.500. The van der Waals surface area contributed by atoms with Crippen molar-refractivity contribution in [3.63, 3.8) is 0 Å². The van der Waals surface area contributed by atoms with Gasteiger partial charge in [0, 0.05) is 25.7 Å². The van der Waals surface area contributed by atoms with Crippen LogP contribution in [0.25, 0.3) is 0 Å². The van der Waals surface area contributed by atoms with Crippen molar-refractivity contribution in [2.45, 2.75) is 12.6 Å². The van der Waals surface area contributed by atoms with E-state index in [1.54, 1.807) is 7.11 Å². The molecule has 100 valence electrons. The second-order valence-corrected chi connectivity index (χ2v) is 6.41. The second kappa shape index (κ2) is 5.26. The zero-order valence-corrected chi connectivity index (χ0v) is 11.4. The zero-order chi connectivity index (χ0) is 13.2. The first kappa shape index (κ1) is 13.3. The van der Waals surface area contributed by atoms with Crippen LogP contribution in [0.1, 0.15) is 5.56 Å². The van der Waals surface area contributed by atoms with Crippen LogP contribution in [0, 0.1) is 0 Å². The number of benzene rings is 1. The first-order chi connectivity index (χ1) is 8.46. The number of methoxy groups -OCH3 is 1. The molecule has 1 heterocycles. The molecule has 0 amide bonds. The molecular formula is C12H18N2O3S. The van der Waals surface area contributed by atoms with Gasteiger partial charge in [-0.05, 0) is 17.7 Å². The Morgan fingerprint density at radius 2 is 2.17 bits per heavy atom. The third-order valence-corrected chi connectivity index (χ3v) is 3.64. The number of likely N-dealkylation sites (tertiary alicyclic amines) is 1. The van der Waals surface area contributed by atoms with Gasteiger partial charge in [-0.25, -0.2) is 13.1 Å². The van der Waals surface area contributed by atoms with E-state index in [4.69, 9.17) is 4.74 Å². The lowest BCUT2D eigenvalue weighted by Crippen LogP contribution is -2.58. The normalized spacial score (nSPS) is 17.4. The van der Waals surface area contributed by atoms with Crippen LogP contribution in [-0.2, 0) is 16.6 Å². The smallest absolute Gasteiger partial charge is 0.209 e.